The van der Waals surface area contributed by atoms with Crippen molar-refractivity contribution in [1.29, 1.82) is 0 Å². The Kier molecular flexibility index (Phi) is 3.73. The van der Waals surface area contributed by atoms with Crippen LogP contribution in [0.15, 0.2) is 35.7 Å². The van der Waals surface area contributed by atoms with Gasteiger partial charge in [0.25, 0.3) is 5.91 Å². The van der Waals surface area contributed by atoms with E-state index in [0.717, 1.165) is 21.3 Å². The average Bonchev–Trinajstić information content (AvgIpc) is 3.04. The predicted molar refractivity (Wildman–Crippen MR) is 95.8 cm³/mol. The summed E-state index contributed by atoms with van der Waals surface area (Å²) in [4.78, 5) is 20.0. The molecule has 0 saturated carbocycles. The number of aromatic nitrogens is 1. The van der Waals surface area contributed by atoms with Gasteiger partial charge in [-0.2, -0.15) is 0 Å². The molecule has 24 heavy (non-hydrogen) atoms. The van der Waals surface area contributed by atoms with Gasteiger partial charge in [0.15, 0.2) is 0 Å². The van der Waals surface area contributed by atoms with Crippen LogP contribution in [0.3, 0.4) is 0 Å². The van der Waals surface area contributed by atoms with Crippen LogP contribution in [0.1, 0.15) is 26.4 Å². The molecule has 0 unspecified atom stereocenters. The molecule has 0 saturated heterocycles. The van der Waals surface area contributed by atoms with E-state index in [1.54, 1.807) is 0 Å². The Morgan fingerprint density at radius 3 is 2.96 bits per heavy atom. The molecular formula is C19H18N2O2S. The van der Waals surface area contributed by atoms with Crippen LogP contribution in [0.2, 0.25) is 0 Å². The van der Waals surface area contributed by atoms with Gasteiger partial charge in [-0.25, -0.2) is 4.98 Å². The SMILES string of the molecule is Cc1ccc2cc3c(nc2c1C)OCCN(C(=O)c1cccs1)C3. The molecule has 0 spiro atoms. The number of rotatable bonds is 1. The molecule has 0 bridgehead atoms. The Morgan fingerprint density at radius 1 is 1.29 bits per heavy atom. The van der Waals surface area contributed by atoms with E-state index in [9.17, 15) is 4.79 Å². The van der Waals surface area contributed by atoms with Crippen molar-refractivity contribution in [2.24, 2.45) is 0 Å². The molecule has 3 heterocycles. The molecule has 1 aromatic carbocycles. The fourth-order valence-electron chi connectivity index (χ4n) is 3.01. The van der Waals surface area contributed by atoms with Crippen molar-refractivity contribution in [2.45, 2.75) is 20.4 Å². The minimum atomic E-state index is 0.0571. The first kappa shape index (κ1) is 15.1. The molecule has 4 nitrogen and oxygen atoms in total. The summed E-state index contributed by atoms with van der Waals surface area (Å²) in [6.07, 6.45) is 0. The number of fused-ring (bicyclic) bond motifs is 2. The van der Waals surface area contributed by atoms with Crippen LogP contribution in [0.5, 0.6) is 5.88 Å². The topological polar surface area (TPSA) is 42.4 Å². The highest BCUT2D eigenvalue weighted by molar-refractivity contribution is 7.12. The molecule has 0 N–H and O–H groups in total. The first-order valence-corrected chi connectivity index (χ1v) is 8.87. The summed E-state index contributed by atoms with van der Waals surface area (Å²) >= 11 is 1.47. The zero-order chi connectivity index (χ0) is 16.7. The largest absolute Gasteiger partial charge is 0.476 e. The summed E-state index contributed by atoms with van der Waals surface area (Å²) in [6.45, 7) is 5.74. The molecule has 0 radical (unpaired) electrons. The van der Waals surface area contributed by atoms with Gasteiger partial charge in [0.1, 0.15) is 6.61 Å². The Bertz CT molecular complexity index is 919. The van der Waals surface area contributed by atoms with Gasteiger partial charge in [-0.1, -0.05) is 18.2 Å². The van der Waals surface area contributed by atoms with Crippen molar-refractivity contribution in [1.82, 2.24) is 9.88 Å². The van der Waals surface area contributed by atoms with E-state index in [4.69, 9.17) is 9.72 Å². The third kappa shape index (κ3) is 2.55. The highest BCUT2D eigenvalue weighted by atomic mass is 32.1. The van der Waals surface area contributed by atoms with Gasteiger partial charge in [0, 0.05) is 10.9 Å². The maximum Gasteiger partial charge on any atom is 0.264 e. The summed E-state index contributed by atoms with van der Waals surface area (Å²) in [7, 11) is 0. The molecule has 5 heteroatoms. The van der Waals surface area contributed by atoms with Crippen LogP contribution in [0.25, 0.3) is 10.9 Å². The van der Waals surface area contributed by atoms with E-state index in [-0.39, 0.29) is 5.91 Å². The molecule has 122 valence electrons. The third-order valence-electron chi connectivity index (χ3n) is 4.53. The average molecular weight is 338 g/mol. The van der Waals surface area contributed by atoms with Crippen molar-refractivity contribution in [3.05, 3.63) is 57.3 Å². The van der Waals surface area contributed by atoms with E-state index >= 15 is 0 Å². The number of hydrogen-bond donors (Lipinski definition) is 0. The lowest BCUT2D eigenvalue weighted by Crippen LogP contribution is -2.31. The molecule has 1 aliphatic rings. The number of nitrogens with zero attached hydrogens (tertiary/aromatic N) is 2. The zero-order valence-electron chi connectivity index (χ0n) is 13.7. The van der Waals surface area contributed by atoms with Gasteiger partial charge in [-0.15, -0.1) is 11.3 Å². The predicted octanol–water partition coefficient (Wildman–Crippen LogP) is 3.95. The van der Waals surface area contributed by atoms with Crippen molar-refractivity contribution >= 4 is 28.1 Å². The number of carbonyl (C=O) groups excluding carboxylic acids is 1. The quantitative estimate of drug-likeness (QED) is 0.675. The maximum atomic E-state index is 12.6. The molecule has 4 rings (SSSR count). The lowest BCUT2D eigenvalue weighted by atomic mass is 10.0. The number of benzene rings is 1. The molecule has 0 fully saturated rings. The van der Waals surface area contributed by atoms with E-state index in [0.29, 0.717) is 25.6 Å². The fraction of sp³-hybridized carbons (Fsp3) is 0.263. The number of pyridine rings is 1. The Balaban J connectivity index is 1.74. The molecule has 0 aliphatic carbocycles. The standard InChI is InChI=1S/C19H18N2O2S/c1-12-5-6-14-10-15-11-21(19(22)16-4-3-9-24-16)7-8-23-18(15)20-17(14)13(12)2/h3-6,9-10H,7-8,11H2,1-2H3. The number of ether oxygens (including phenoxy) is 1. The van der Waals surface area contributed by atoms with E-state index in [2.05, 4.69) is 32.0 Å². The van der Waals surface area contributed by atoms with Crippen molar-refractivity contribution in [2.75, 3.05) is 13.2 Å². The van der Waals surface area contributed by atoms with Crippen LogP contribution in [-0.4, -0.2) is 28.9 Å². The maximum absolute atomic E-state index is 12.6. The first-order valence-electron chi connectivity index (χ1n) is 7.99. The highest BCUT2D eigenvalue weighted by Gasteiger charge is 2.23. The second-order valence-corrected chi connectivity index (χ2v) is 7.03. The van der Waals surface area contributed by atoms with Crippen LogP contribution in [0.4, 0.5) is 0 Å². The number of thiophene rings is 1. The van der Waals surface area contributed by atoms with E-state index in [1.165, 1.54) is 22.5 Å². The second-order valence-electron chi connectivity index (χ2n) is 6.08. The van der Waals surface area contributed by atoms with E-state index < -0.39 is 0 Å². The molecule has 3 aromatic rings. The smallest absolute Gasteiger partial charge is 0.264 e. The lowest BCUT2D eigenvalue weighted by molar-refractivity contribution is 0.0738. The minimum Gasteiger partial charge on any atom is -0.476 e. The van der Waals surface area contributed by atoms with Gasteiger partial charge in [0.2, 0.25) is 5.88 Å². The van der Waals surface area contributed by atoms with Crippen LogP contribution in [0, 0.1) is 13.8 Å². The van der Waals surface area contributed by atoms with Crippen molar-refractivity contribution in [3.63, 3.8) is 0 Å². The molecule has 1 amide bonds. The summed E-state index contributed by atoms with van der Waals surface area (Å²) in [6, 6.07) is 10.1. The van der Waals surface area contributed by atoms with Gasteiger partial charge in [-0.05, 0) is 42.5 Å². The number of aryl methyl sites for hydroxylation is 2. The Morgan fingerprint density at radius 2 is 2.17 bits per heavy atom. The molecule has 2 aromatic heterocycles. The number of carbonyl (C=O) groups is 1. The molecular weight excluding hydrogens is 320 g/mol. The summed E-state index contributed by atoms with van der Waals surface area (Å²) in [5.74, 6) is 0.708. The first-order chi connectivity index (χ1) is 11.6. The number of hydrogen-bond acceptors (Lipinski definition) is 4. The Labute approximate surface area is 144 Å². The monoisotopic (exact) mass is 338 g/mol. The summed E-state index contributed by atoms with van der Waals surface area (Å²) in [5, 5.41) is 3.02. The lowest BCUT2D eigenvalue weighted by Gasteiger charge is -2.19. The zero-order valence-corrected chi connectivity index (χ0v) is 14.5. The van der Waals surface area contributed by atoms with Gasteiger partial charge >= 0.3 is 0 Å². The molecule has 0 atom stereocenters. The third-order valence-corrected chi connectivity index (χ3v) is 5.39. The second kappa shape index (κ2) is 5.91. The fourth-order valence-corrected chi connectivity index (χ4v) is 3.71. The molecule has 1 aliphatic heterocycles. The van der Waals surface area contributed by atoms with Crippen molar-refractivity contribution in [3.8, 4) is 5.88 Å². The van der Waals surface area contributed by atoms with Crippen molar-refractivity contribution < 1.29 is 9.53 Å². The summed E-state index contributed by atoms with van der Waals surface area (Å²) in [5.41, 5.74) is 4.34. The Hall–Kier alpha value is -2.40. The normalized spacial score (nSPS) is 14.2. The van der Waals surface area contributed by atoms with Gasteiger partial charge in [0.05, 0.1) is 23.5 Å². The van der Waals surface area contributed by atoms with Gasteiger partial charge < -0.3 is 9.64 Å². The minimum absolute atomic E-state index is 0.0571. The van der Waals surface area contributed by atoms with Crippen LogP contribution in [-0.2, 0) is 6.54 Å². The highest BCUT2D eigenvalue weighted by Crippen LogP contribution is 2.29. The number of amides is 1. The van der Waals surface area contributed by atoms with Crippen LogP contribution >= 0.6 is 11.3 Å². The summed E-state index contributed by atoms with van der Waals surface area (Å²) < 4.78 is 5.85. The van der Waals surface area contributed by atoms with Crippen LogP contribution < -0.4 is 4.74 Å². The van der Waals surface area contributed by atoms with E-state index in [1.807, 2.05) is 22.4 Å². The van der Waals surface area contributed by atoms with Gasteiger partial charge in [-0.3, -0.25) is 4.79 Å².